The fourth-order valence-electron chi connectivity index (χ4n) is 3.03. The first kappa shape index (κ1) is 15.4. The molecule has 1 N–H and O–H groups in total. The molecule has 2 aromatic rings. The maximum absolute atomic E-state index is 12.7. The van der Waals surface area contributed by atoms with Gasteiger partial charge in [-0.2, -0.15) is 0 Å². The highest BCUT2D eigenvalue weighted by Crippen LogP contribution is 2.22. The fourth-order valence-corrected chi connectivity index (χ4v) is 3.03. The van der Waals surface area contributed by atoms with Gasteiger partial charge >= 0.3 is 0 Å². The van der Waals surface area contributed by atoms with E-state index in [0.717, 1.165) is 50.5 Å². The largest absolute Gasteiger partial charge is 0.334 e. The van der Waals surface area contributed by atoms with Crippen molar-refractivity contribution in [3.8, 4) is 0 Å². The first-order valence-electron chi connectivity index (χ1n) is 7.99. The fraction of sp³-hybridized carbons (Fsp3) is 0.412. The number of aromatic amines is 1. The van der Waals surface area contributed by atoms with Crippen LogP contribution in [0.15, 0.2) is 41.6 Å². The highest BCUT2D eigenvalue weighted by Gasteiger charge is 2.28. The Kier molecular flexibility index (Phi) is 4.80. The SMILES string of the molecule is O=C(c1c[nH]c(=O)cn1)N1CCCC[C@H]1CCc1ccccn1. The molecule has 3 heterocycles. The summed E-state index contributed by atoms with van der Waals surface area (Å²) in [5.41, 5.74) is 1.05. The van der Waals surface area contributed by atoms with E-state index in [1.807, 2.05) is 23.1 Å². The molecule has 1 atom stereocenters. The van der Waals surface area contributed by atoms with Crippen molar-refractivity contribution < 1.29 is 4.79 Å². The van der Waals surface area contributed by atoms with Crippen molar-refractivity contribution in [1.29, 1.82) is 0 Å². The molecule has 0 aromatic carbocycles. The zero-order valence-electron chi connectivity index (χ0n) is 12.9. The summed E-state index contributed by atoms with van der Waals surface area (Å²) < 4.78 is 0. The molecule has 1 aliphatic heterocycles. The van der Waals surface area contributed by atoms with Crippen LogP contribution in [-0.4, -0.2) is 38.3 Å². The number of nitrogens with one attached hydrogen (secondary N) is 1. The summed E-state index contributed by atoms with van der Waals surface area (Å²) in [5.74, 6) is -0.105. The van der Waals surface area contributed by atoms with E-state index < -0.39 is 0 Å². The normalized spacial score (nSPS) is 17.9. The van der Waals surface area contributed by atoms with Crippen LogP contribution in [0.2, 0.25) is 0 Å². The predicted molar refractivity (Wildman–Crippen MR) is 86.1 cm³/mol. The molecule has 0 bridgehead atoms. The second-order valence-electron chi connectivity index (χ2n) is 5.80. The van der Waals surface area contributed by atoms with Crippen LogP contribution < -0.4 is 5.56 Å². The lowest BCUT2D eigenvalue weighted by molar-refractivity contribution is 0.0595. The van der Waals surface area contributed by atoms with Crippen molar-refractivity contribution >= 4 is 5.91 Å². The zero-order chi connectivity index (χ0) is 16.1. The molecule has 2 aromatic heterocycles. The molecule has 1 saturated heterocycles. The number of carbonyl (C=O) groups excluding carboxylic acids is 1. The van der Waals surface area contributed by atoms with Gasteiger partial charge in [0.15, 0.2) is 0 Å². The Hall–Kier alpha value is -2.50. The van der Waals surface area contributed by atoms with Gasteiger partial charge in [0.2, 0.25) is 0 Å². The molecule has 6 heteroatoms. The van der Waals surface area contributed by atoms with Gasteiger partial charge in [0.25, 0.3) is 11.5 Å². The second kappa shape index (κ2) is 7.17. The van der Waals surface area contributed by atoms with Crippen molar-refractivity contribution in [3.63, 3.8) is 0 Å². The van der Waals surface area contributed by atoms with Gasteiger partial charge in [0, 0.05) is 30.7 Å². The average Bonchev–Trinajstić information content (AvgIpc) is 2.61. The summed E-state index contributed by atoms with van der Waals surface area (Å²) in [4.78, 5) is 36.5. The lowest BCUT2D eigenvalue weighted by Crippen LogP contribution is -2.44. The van der Waals surface area contributed by atoms with Gasteiger partial charge in [0.1, 0.15) is 5.69 Å². The van der Waals surface area contributed by atoms with E-state index in [4.69, 9.17) is 0 Å². The van der Waals surface area contributed by atoms with Gasteiger partial charge in [-0.25, -0.2) is 4.98 Å². The summed E-state index contributed by atoms with van der Waals surface area (Å²) in [6.07, 6.45) is 9.24. The molecule has 6 nitrogen and oxygen atoms in total. The topological polar surface area (TPSA) is 79.0 Å². The molecule has 1 fully saturated rings. The zero-order valence-corrected chi connectivity index (χ0v) is 12.9. The third-order valence-electron chi connectivity index (χ3n) is 4.24. The average molecular weight is 312 g/mol. The summed E-state index contributed by atoms with van der Waals surface area (Å²) in [5, 5.41) is 0. The van der Waals surface area contributed by atoms with E-state index in [2.05, 4.69) is 15.0 Å². The van der Waals surface area contributed by atoms with Gasteiger partial charge in [-0.05, 0) is 44.2 Å². The third kappa shape index (κ3) is 3.83. The number of pyridine rings is 1. The van der Waals surface area contributed by atoms with Crippen LogP contribution in [-0.2, 0) is 6.42 Å². The number of nitrogens with zero attached hydrogens (tertiary/aromatic N) is 3. The Morgan fingerprint density at radius 3 is 2.96 bits per heavy atom. The number of hydrogen-bond donors (Lipinski definition) is 1. The minimum atomic E-state index is -0.299. The van der Waals surface area contributed by atoms with E-state index in [0.29, 0.717) is 5.69 Å². The van der Waals surface area contributed by atoms with Crippen LogP contribution in [0.3, 0.4) is 0 Å². The molecule has 3 rings (SSSR count). The van der Waals surface area contributed by atoms with Crippen LogP contribution >= 0.6 is 0 Å². The number of amides is 1. The number of piperidine rings is 1. The van der Waals surface area contributed by atoms with Gasteiger partial charge in [-0.3, -0.25) is 14.6 Å². The molecule has 1 amide bonds. The van der Waals surface area contributed by atoms with Gasteiger partial charge in [-0.1, -0.05) is 6.07 Å². The molecular formula is C17H20N4O2. The van der Waals surface area contributed by atoms with Gasteiger partial charge in [0.05, 0.1) is 6.20 Å². The first-order chi connectivity index (χ1) is 11.2. The number of likely N-dealkylation sites (tertiary alicyclic amines) is 1. The number of carbonyl (C=O) groups is 1. The van der Waals surface area contributed by atoms with Crippen molar-refractivity contribution in [1.82, 2.24) is 19.9 Å². The van der Waals surface area contributed by atoms with E-state index in [9.17, 15) is 9.59 Å². The van der Waals surface area contributed by atoms with Gasteiger partial charge in [-0.15, -0.1) is 0 Å². The number of H-pyrrole nitrogens is 1. The predicted octanol–water partition coefficient (Wildman–Crippen LogP) is 1.79. The quantitative estimate of drug-likeness (QED) is 0.933. The Labute approximate surface area is 134 Å². The van der Waals surface area contributed by atoms with Crippen molar-refractivity contribution in [2.75, 3.05) is 6.54 Å². The van der Waals surface area contributed by atoms with E-state index in [1.165, 1.54) is 6.20 Å². The smallest absolute Gasteiger partial charge is 0.274 e. The highest BCUT2D eigenvalue weighted by molar-refractivity contribution is 5.92. The van der Waals surface area contributed by atoms with E-state index in [-0.39, 0.29) is 17.5 Å². The van der Waals surface area contributed by atoms with Crippen molar-refractivity contribution in [2.45, 2.75) is 38.1 Å². The third-order valence-corrected chi connectivity index (χ3v) is 4.24. The van der Waals surface area contributed by atoms with Crippen LogP contribution in [0.25, 0.3) is 0 Å². The second-order valence-corrected chi connectivity index (χ2v) is 5.80. The molecule has 23 heavy (non-hydrogen) atoms. The molecule has 120 valence electrons. The summed E-state index contributed by atoms with van der Waals surface area (Å²) in [6.45, 7) is 0.743. The van der Waals surface area contributed by atoms with Crippen molar-refractivity contribution in [3.05, 3.63) is 58.5 Å². The summed E-state index contributed by atoms with van der Waals surface area (Å²) in [7, 11) is 0. The summed E-state index contributed by atoms with van der Waals surface area (Å²) in [6, 6.07) is 6.10. The Morgan fingerprint density at radius 2 is 2.22 bits per heavy atom. The highest BCUT2D eigenvalue weighted by atomic mass is 16.2. The maximum atomic E-state index is 12.7. The van der Waals surface area contributed by atoms with Gasteiger partial charge < -0.3 is 9.88 Å². The van der Waals surface area contributed by atoms with E-state index in [1.54, 1.807) is 6.20 Å². The Bertz CT molecular complexity index is 694. The standard InChI is InChI=1S/C17H20N4O2/c22-16-12-19-15(11-20-16)17(23)21-10-4-2-6-14(21)8-7-13-5-1-3-9-18-13/h1,3,5,9,11-12,14H,2,4,6-8,10H2,(H,20,22)/t14-/m0/s1. The Balaban J connectivity index is 1.69. The lowest BCUT2D eigenvalue weighted by atomic mass is 9.96. The monoisotopic (exact) mass is 312 g/mol. The molecule has 0 unspecified atom stereocenters. The number of rotatable bonds is 4. The molecule has 0 saturated carbocycles. The molecule has 0 spiro atoms. The molecule has 0 aliphatic carbocycles. The van der Waals surface area contributed by atoms with Crippen LogP contribution in [0.5, 0.6) is 0 Å². The number of aromatic nitrogens is 3. The van der Waals surface area contributed by atoms with Crippen LogP contribution in [0.4, 0.5) is 0 Å². The minimum absolute atomic E-state index is 0.105. The minimum Gasteiger partial charge on any atom is -0.334 e. The van der Waals surface area contributed by atoms with Crippen molar-refractivity contribution in [2.24, 2.45) is 0 Å². The molecule has 0 radical (unpaired) electrons. The lowest BCUT2D eigenvalue weighted by Gasteiger charge is -2.35. The maximum Gasteiger partial charge on any atom is 0.274 e. The first-order valence-corrected chi connectivity index (χ1v) is 7.99. The Morgan fingerprint density at radius 1 is 1.30 bits per heavy atom. The van der Waals surface area contributed by atoms with Crippen LogP contribution in [0, 0.1) is 0 Å². The van der Waals surface area contributed by atoms with Crippen LogP contribution in [0.1, 0.15) is 41.9 Å². The number of hydrogen-bond acceptors (Lipinski definition) is 4. The number of aryl methyl sites for hydroxylation is 1. The van der Waals surface area contributed by atoms with E-state index >= 15 is 0 Å². The molecule has 1 aliphatic rings. The molecular weight excluding hydrogens is 292 g/mol. The summed E-state index contributed by atoms with van der Waals surface area (Å²) >= 11 is 0.